The van der Waals surface area contributed by atoms with Gasteiger partial charge in [0.05, 0.1) is 5.75 Å². The zero-order valence-corrected chi connectivity index (χ0v) is 9.10. The molecule has 0 aliphatic carbocycles. The molecule has 1 heterocycles. The largest absolute Gasteiger partial charge is 0.315 e. The molecule has 1 rings (SSSR count). The fourth-order valence-electron chi connectivity index (χ4n) is 1.69. The van der Waals surface area contributed by atoms with Gasteiger partial charge in [-0.3, -0.25) is 0 Å². The van der Waals surface area contributed by atoms with Crippen LogP contribution in [0.3, 0.4) is 0 Å². The van der Waals surface area contributed by atoms with Gasteiger partial charge in [0.2, 0.25) is 10.0 Å². The van der Waals surface area contributed by atoms with Crippen molar-refractivity contribution < 1.29 is 8.42 Å². The van der Waals surface area contributed by atoms with E-state index in [0.29, 0.717) is 13.0 Å². The second-order valence-electron chi connectivity index (χ2n) is 3.43. The zero-order valence-electron chi connectivity index (χ0n) is 8.28. The summed E-state index contributed by atoms with van der Waals surface area (Å²) in [4.78, 5) is 0. The highest BCUT2D eigenvalue weighted by atomic mass is 32.2. The molecule has 0 aromatic rings. The van der Waals surface area contributed by atoms with Crippen LogP contribution in [-0.2, 0) is 10.0 Å². The Labute approximate surface area is 80.4 Å². The van der Waals surface area contributed by atoms with Crippen LogP contribution in [0.15, 0.2) is 0 Å². The summed E-state index contributed by atoms with van der Waals surface area (Å²) in [5.41, 5.74) is 0. The maximum absolute atomic E-state index is 11.7. The Balaban J connectivity index is 2.80. The first-order valence-corrected chi connectivity index (χ1v) is 6.39. The number of hydrogen-bond donors (Lipinski definition) is 1. The van der Waals surface area contributed by atoms with E-state index < -0.39 is 10.0 Å². The van der Waals surface area contributed by atoms with E-state index in [2.05, 4.69) is 5.32 Å². The molecule has 1 atom stereocenters. The molecule has 4 nitrogen and oxygen atoms in total. The summed E-state index contributed by atoms with van der Waals surface area (Å²) in [7, 11) is -2.99. The number of rotatable bonds is 1. The highest BCUT2D eigenvalue weighted by Gasteiger charge is 2.26. The van der Waals surface area contributed by atoms with E-state index in [1.54, 1.807) is 4.31 Å². The van der Waals surface area contributed by atoms with Crippen molar-refractivity contribution in [2.24, 2.45) is 0 Å². The molecule has 0 spiro atoms. The van der Waals surface area contributed by atoms with E-state index in [1.807, 2.05) is 13.8 Å². The fraction of sp³-hybridized carbons (Fsp3) is 1.00. The average Bonchev–Trinajstić information content (AvgIpc) is 2.02. The molecule has 0 saturated carbocycles. The van der Waals surface area contributed by atoms with Crippen LogP contribution in [0.2, 0.25) is 0 Å². The molecule has 1 N–H and O–H groups in total. The Hall–Kier alpha value is -0.130. The Kier molecular flexibility index (Phi) is 3.70. The SMILES string of the molecule is CCN1C(C)CNCCCS1(=O)=O. The van der Waals surface area contributed by atoms with Gasteiger partial charge in [0.1, 0.15) is 0 Å². The van der Waals surface area contributed by atoms with Crippen LogP contribution in [0.1, 0.15) is 20.3 Å². The van der Waals surface area contributed by atoms with E-state index in [4.69, 9.17) is 0 Å². The molecule has 13 heavy (non-hydrogen) atoms. The van der Waals surface area contributed by atoms with Crippen LogP contribution in [-0.4, -0.2) is 44.2 Å². The van der Waals surface area contributed by atoms with Gasteiger partial charge in [0, 0.05) is 19.1 Å². The fourth-order valence-corrected chi connectivity index (χ4v) is 3.45. The van der Waals surface area contributed by atoms with E-state index in [-0.39, 0.29) is 11.8 Å². The lowest BCUT2D eigenvalue weighted by Crippen LogP contribution is -2.47. The smallest absolute Gasteiger partial charge is 0.214 e. The van der Waals surface area contributed by atoms with Crippen molar-refractivity contribution in [3.63, 3.8) is 0 Å². The number of likely N-dealkylation sites (N-methyl/N-ethyl adjacent to an activating group) is 1. The quantitative estimate of drug-likeness (QED) is 0.658. The van der Waals surface area contributed by atoms with Gasteiger partial charge >= 0.3 is 0 Å². The van der Waals surface area contributed by atoms with Gasteiger partial charge in [-0.1, -0.05) is 6.92 Å². The normalized spacial score (nSPS) is 30.8. The molecule has 1 aliphatic rings. The van der Waals surface area contributed by atoms with Crippen molar-refractivity contribution in [3.05, 3.63) is 0 Å². The minimum Gasteiger partial charge on any atom is -0.315 e. The molecule has 0 aromatic carbocycles. The highest BCUT2D eigenvalue weighted by molar-refractivity contribution is 7.89. The Morgan fingerprint density at radius 1 is 1.54 bits per heavy atom. The first-order chi connectivity index (χ1) is 6.08. The third-order valence-electron chi connectivity index (χ3n) is 2.36. The van der Waals surface area contributed by atoms with Crippen LogP contribution < -0.4 is 5.32 Å². The highest BCUT2D eigenvalue weighted by Crippen LogP contribution is 2.09. The van der Waals surface area contributed by atoms with E-state index in [1.165, 1.54) is 0 Å². The molecule has 0 amide bonds. The van der Waals surface area contributed by atoms with Crippen molar-refractivity contribution in [2.75, 3.05) is 25.4 Å². The monoisotopic (exact) mass is 206 g/mol. The zero-order chi connectivity index (χ0) is 9.90. The lowest BCUT2D eigenvalue weighted by atomic mass is 10.3. The summed E-state index contributed by atoms with van der Waals surface area (Å²) in [5, 5.41) is 3.23. The van der Waals surface area contributed by atoms with Crippen molar-refractivity contribution in [1.29, 1.82) is 0 Å². The maximum Gasteiger partial charge on any atom is 0.214 e. The molecule has 5 heteroatoms. The van der Waals surface area contributed by atoms with Gasteiger partial charge in [-0.25, -0.2) is 8.42 Å². The first-order valence-electron chi connectivity index (χ1n) is 4.78. The molecule has 78 valence electrons. The standard InChI is InChI=1S/C8H18N2O2S/c1-3-10-8(2)7-9-5-4-6-13(10,11)12/h8-9H,3-7H2,1-2H3. The molecule has 1 fully saturated rings. The van der Waals surface area contributed by atoms with Crippen LogP contribution >= 0.6 is 0 Å². The topological polar surface area (TPSA) is 49.4 Å². The maximum atomic E-state index is 11.7. The Bertz CT molecular complexity index is 251. The molecule has 1 saturated heterocycles. The van der Waals surface area contributed by atoms with Gasteiger partial charge in [-0.15, -0.1) is 0 Å². The van der Waals surface area contributed by atoms with Crippen molar-refractivity contribution in [1.82, 2.24) is 9.62 Å². The number of nitrogens with zero attached hydrogens (tertiary/aromatic N) is 1. The lowest BCUT2D eigenvalue weighted by molar-refractivity contribution is 0.330. The van der Waals surface area contributed by atoms with Crippen LogP contribution in [0.25, 0.3) is 0 Å². The molecular weight excluding hydrogens is 188 g/mol. The van der Waals surface area contributed by atoms with Gasteiger partial charge in [-0.2, -0.15) is 4.31 Å². The first kappa shape index (κ1) is 10.9. The van der Waals surface area contributed by atoms with Crippen molar-refractivity contribution in [2.45, 2.75) is 26.3 Å². The summed E-state index contributed by atoms with van der Waals surface area (Å²) < 4.78 is 25.0. The van der Waals surface area contributed by atoms with Gasteiger partial charge in [0.25, 0.3) is 0 Å². The minimum atomic E-state index is -2.99. The third-order valence-corrected chi connectivity index (χ3v) is 4.49. The number of hydrogen-bond acceptors (Lipinski definition) is 3. The van der Waals surface area contributed by atoms with Gasteiger partial charge < -0.3 is 5.32 Å². The molecule has 0 aromatic heterocycles. The van der Waals surface area contributed by atoms with Crippen LogP contribution in [0.4, 0.5) is 0 Å². The summed E-state index contributed by atoms with van der Waals surface area (Å²) in [5.74, 6) is 0.276. The summed E-state index contributed by atoms with van der Waals surface area (Å²) in [6.07, 6.45) is 0.714. The number of nitrogens with one attached hydrogen (secondary N) is 1. The second kappa shape index (κ2) is 4.39. The molecular formula is C8H18N2O2S. The molecule has 1 aliphatic heterocycles. The number of sulfonamides is 1. The van der Waals surface area contributed by atoms with Crippen molar-refractivity contribution in [3.8, 4) is 0 Å². The Morgan fingerprint density at radius 3 is 2.85 bits per heavy atom. The van der Waals surface area contributed by atoms with E-state index in [9.17, 15) is 8.42 Å². The minimum absolute atomic E-state index is 0.0790. The molecule has 0 bridgehead atoms. The van der Waals surface area contributed by atoms with Crippen LogP contribution in [0.5, 0.6) is 0 Å². The average molecular weight is 206 g/mol. The molecule has 1 unspecified atom stereocenters. The lowest BCUT2D eigenvalue weighted by Gasteiger charge is -2.29. The van der Waals surface area contributed by atoms with E-state index >= 15 is 0 Å². The summed E-state index contributed by atoms with van der Waals surface area (Å²) in [6, 6.07) is 0.0790. The third kappa shape index (κ3) is 2.65. The van der Waals surface area contributed by atoms with E-state index in [0.717, 1.165) is 13.1 Å². The van der Waals surface area contributed by atoms with Crippen LogP contribution in [0, 0.1) is 0 Å². The summed E-state index contributed by atoms with van der Waals surface area (Å²) in [6.45, 7) is 5.97. The van der Waals surface area contributed by atoms with Gasteiger partial charge in [-0.05, 0) is 19.9 Å². The van der Waals surface area contributed by atoms with Crippen molar-refractivity contribution >= 4 is 10.0 Å². The Morgan fingerprint density at radius 2 is 2.23 bits per heavy atom. The van der Waals surface area contributed by atoms with Gasteiger partial charge in [0.15, 0.2) is 0 Å². The molecule has 0 radical (unpaired) electrons. The summed E-state index contributed by atoms with van der Waals surface area (Å²) >= 11 is 0. The predicted molar refractivity (Wildman–Crippen MR) is 53.1 cm³/mol. The predicted octanol–water partition coefficient (Wildman–Crippen LogP) is 0.0199. The second-order valence-corrected chi connectivity index (χ2v) is 5.47.